The van der Waals surface area contributed by atoms with Gasteiger partial charge in [0.1, 0.15) is 4.32 Å². The summed E-state index contributed by atoms with van der Waals surface area (Å²) in [6.07, 6.45) is 1.65. The molecule has 1 fully saturated rings. The van der Waals surface area contributed by atoms with Gasteiger partial charge in [0.25, 0.3) is 5.91 Å². The average molecular weight is 380 g/mol. The summed E-state index contributed by atoms with van der Waals surface area (Å²) < 4.78 is 11.3. The van der Waals surface area contributed by atoms with Gasteiger partial charge in [0, 0.05) is 0 Å². The second kappa shape index (κ2) is 8.35. The fourth-order valence-electron chi connectivity index (χ4n) is 2.23. The Hall–Kier alpha value is -2.06. The van der Waals surface area contributed by atoms with Crippen LogP contribution in [-0.2, 0) is 9.59 Å². The van der Waals surface area contributed by atoms with Crippen molar-refractivity contribution in [1.82, 2.24) is 4.90 Å². The maximum Gasteiger partial charge on any atom is 0.266 e. The highest BCUT2D eigenvalue weighted by atomic mass is 32.2. The molecule has 1 aliphatic rings. The first-order valence-electron chi connectivity index (χ1n) is 7.76. The van der Waals surface area contributed by atoms with Gasteiger partial charge in [-0.3, -0.25) is 9.69 Å². The number of carbonyl (C=O) groups is 2. The minimum atomic E-state index is -1.35. The molecule has 0 saturated carbocycles. The Kier molecular flexibility index (Phi) is 6.44. The third-order valence-electron chi connectivity index (χ3n) is 3.42. The number of rotatable bonds is 7. The number of nitrogens with zero attached hydrogens (tertiary/aromatic N) is 1. The molecule has 2 rings (SSSR count). The number of ether oxygens (including phenoxy) is 2. The second-order valence-corrected chi connectivity index (χ2v) is 6.79. The molecule has 1 atom stereocenters. The largest absolute Gasteiger partial charge is 0.548 e. The van der Waals surface area contributed by atoms with E-state index in [4.69, 9.17) is 21.7 Å². The highest BCUT2D eigenvalue weighted by Crippen LogP contribution is 2.35. The Balaban J connectivity index is 2.31. The van der Waals surface area contributed by atoms with Crippen LogP contribution in [0.5, 0.6) is 11.5 Å². The number of amides is 1. The first kappa shape index (κ1) is 19.3. The SMILES string of the molecule is CCOc1ccc(/C=C2\SC(=S)N([C@@H](C)C(=O)[O-])C2=O)cc1OCC. The molecule has 0 bridgehead atoms. The number of carbonyl (C=O) groups excluding carboxylic acids is 2. The zero-order valence-electron chi connectivity index (χ0n) is 14.1. The van der Waals surface area contributed by atoms with E-state index in [-0.39, 0.29) is 4.32 Å². The predicted molar refractivity (Wildman–Crippen MR) is 98.3 cm³/mol. The van der Waals surface area contributed by atoms with Crippen LogP contribution in [0.1, 0.15) is 26.3 Å². The van der Waals surface area contributed by atoms with Crippen LogP contribution in [0.4, 0.5) is 0 Å². The summed E-state index contributed by atoms with van der Waals surface area (Å²) in [6, 6.07) is 4.22. The molecule has 0 aliphatic carbocycles. The van der Waals surface area contributed by atoms with Gasteiger partial charge in [-0.2, -0.15) is 0 Å². The summed E-state index contributed by atoms with van der Waals surface area (Å²) in [6.45, 7) is 6.11. The Morgan fingerprint density at radius 3 is 2.56 bits per heavy atom. The number of hydrogen-bond donors (Lipinski definition) is 0. The molecular formula is C17H18NO5S2-. The lowest BCUT2D eigenvalue weighted by atomic mass is 10.1. The van der Waals surface area contributed by atoms with Crippen molar-refractivity contribution in [1.29, 1.82) is 0 Å². The van der Waals surface area contributed by atoms with Crippen LogP contribution >= 0.6 is 24.0 Å². The first-order valence-corrected chi connectivity index (χ1v) is 8.99. The maximum absolute atomic E-state index is 12.4. The monoisotopic (exact) mass is 380 g/mol. The summed E-state index contributed by atoms with van der Waals surface area (Å²) in [5.41, 5.74) is 0.730. The van der Waals surface area contributed by atoms with Crippen LogP contribution in [0.25, 0.3) is 6.08 Å². The fourth-order valence-corrected chi connectivity index (χ4v) is 3.65. The van der Waals surface area contributed by atoms with Crippen molar-refractivity contribution >= 4 is 46.3 Å². The summed E-state index contributed by atoms with van der Waals surface area (Å²) in [4.78, 5) is 24.9. The van der Waals surface area contributed by atoms with Crippen LogP contribution < -0.4 is 14.6 Å². The molecule has 1 aromatic rings. The summed E-state index contributed by atoms with van der Waals surface area (Å²) in [5.74, 6) is -0.591. The van der Waals surface area contributed by atoms with E-state index in [1.165, 1.54) is 6.92 Å². The number of thiocarbonyl (C=S) groups is 1. The number of benzene rings is 1. The van der Waals surface area contributed by atoms with Crippen LogP contribution in [0.3, 0.4) is 0 Å². The predicted octanol–water partition coefficient (Wildman–Crippen LogP) is 1.82. The minimum absolute atomic E-state index is 0.198. The van der Waals surface area contributed by atoms with E-state index in [2.05, 4.69) is 0 Å². The van der Waals surface area contributed by atoms with Crippen molar-refractivity contribution in [2.24, 2.45) is 0 Å². The molecule has 134 valence electrons. The molecule has 0 N–H and O–H groups in total. The van der Waals surface area contributed by atoms with Crippen molar-refractivity contribution in [3.8, 4) is 11.5 Å². The molecule has 0 radical (unpaired) electrons. The summed E-state index contributed by atoms with van der Waals surface area (Å²) in [5, 5.41) is 11.0. The maximum atomic E-state index is 12.4. The molecular weight excluding hydrogens is 362 g/mol. The first-order chi connectivity index (χ1) is 11.9. The molecule has 25 heavy (non-hydrogen) atoms. The van der Waals surface area contributed by atoms with Gasteiger partial charge >= 0.3 is 0 Å². The summed E-state index contributed by atoms with van der Waals surface area (Å²) in [7, 11) is 0. The van der Waals surface area contributed by atoms with E-state index in [1.54, 1.807) is 24.3 Å². The van der Waals surface area contributed by atoms with Crippen molar-refractivity contribution in [2.45, 2.75) is 26.8 Å². The Bertz CT molecular complexity index is 732. The molecule has 1 aliphatic heterocycles. The number of hydrogen-bond acceptors (Lipinski definition) is 7. The quantitative estimate of drug-likeness (QED) is 0.527. The van der Waals surface area contributed by atoms with E-state index in [1.807, 2.05) is 13.8 Å². The summed E-state index contributed by atoms with van der Waals surface area (Å²) >= 11 is 6.18. The molecule has 0 aromatic heterocycles. The lowest BCUT2D eigenvalue weighted by Crippen LogP contribution is -2.48. The number of aliphatic carboxylic acids is 1. The van der Waals surface area contributed by atoms with Crippen LogP contribution in [0, 0.1) is 0 Å². The van der Waals surface area contributed by atoms with Gasteiger partial charge in [-0.1, -0.05) is 30.0 Å². The lowest BCUT2D eigenvalue weighted by molar-refractivity contribution is -0.309. The fraction of sp³-hybridized carbons (Fsp3) is 0.353. The van der Waals surface area contributed by atoms with Crippen molar-refractivity contribution in [3.63, 3.8) is 0 Å². The van der Waals surface area contributed by atoms with Crippen molar-refractivity contribution in [3.05, 3.63) is 28.7 Å². The minimum Gasteiger partial charge on any atom is -0.548 e. The van der Waals surface area contributed by atoms with E-state index in [0.717, 1.165) is 22.2 Å². The third kappa shape index (κ3) is 4.32. The number of carboxylic acids is 1. The van der Waals surface area contributed by atoms with E-state index >= 15 is 0 Å². The van der Waals surface area contributed by atoms with Gasteiger partial charge in [-0.25, -0.2) is 0 Å². The molecule has 1 saturated heterocycles. The van der Waals surface area contributed by atoms with Crippen LogP contribution in [-0.4, -0.2) is 40.4 Å². The molecule has 6 nitrogen and oxygen atoms in total. The van der Waals surface area contributed by atoms with E-state index in [9.17, 15) is 14.7 Å². The smallest absolute Gasteiger partial charge is 0.266 e. The van der Waals surface area contributed by atoms with Gasteiger partial charge < -0.3 is 19.4 Å². The highest BCUT2D eigenvalue weighted by Gasteiger charge is 2.35. The van der Waals surface area contributed by atoms with Gasteiger partial charge in [0.2, 0.25) is 0 Å². The molecule has 1 heterocycles. The zero-order chi connectivity index (χ0) is 18.6. The number of thioether (sulfide) groups is 1. The van der Waals surface area contributed by atoms with E-state index < -0.39 is 17.9 Å². The topological polar surface area (TPSA) is 78.9 Å². The Labute approximate surface area is 155 Å². The standard InChI is InChI=1S/C17H19NO5S2/c1-4-22-12-7-6-11(8-13(12)23-5-2)9-14-15(19)18(17(24)25-14)10(3)16(20)21/h6-10H,4-5H2,1-3H3,(H,20,21)/p-1/b14-9-/t10-/m0/s1. The molecule has 0 spiro atoms. The van der Waals surface area contributed by atoms with Gasteiger partial charge in [0.15, 0.2) is 11.5 Å². The van der Waals surface area contributed by atoms with Crippen molar-refractivity contribution < 1.29 is 24.2 Å². The highest BCUT2D eigenvalue weighted by molar-refractivity contribution is 8.26. The van der Waals surface area contributed by atoms with Crippen LogP contribution in [0.15, 0.2) is 23.1 Å². The van der Waals surface area contributed by atoms with Gasteiger partial charge in [0.05, 0.1) is 30.1 Å². The second-order valence-electron chi connectivity index (χ2n) is 5.12. The van der Waals surface area contributed by atoms with Gasteiger partial charge in [-0.05, 0) is 44.5 Å². The molecule has 1 aromatic carbocycles. The van der Waals surface area contributed by atoms with Gasteiger partial charge in [-0.15, -0.1) is 0 Å². The Morgan fingerprint density at radius 2 is 1.96 bits per heavy atom. The molecule has 1 amide bonds. The third-order valence-corrected chi connectivity index (χ3v) is 4.75. The lowest BCUT2D eigenvalue weighted by Gasteiger charge is -2.23. The number of carboxylic acid groups (broad SMARTS) is 1. The van der Waals surface area contributed by atoms with Crippen molar-refractivity contribution in [2.75, 3.05) is 13.2 Å². The average Bonchev–Trinajstić information content (AvgIpc) is 2.83. The molecule has 0 unspecified atom stereocenters. The molecule has 8 heteroatoms. The Morgan fingerprint density at radius 1 is 1.32 bits per heavy atom. The zero-order valence-corrected chi connectivity index (χ0v) is 15.7. The van der Waals surface area contributed by atoms with E-state index in [0.29, 0.717) is 29.6 Å². The van der Waals surface area contributed by atoms with Crippen LogP contribution in [0.2, 0.25) is 0 Å². The normalized spacial score (nSPS) is 17.1.